The number of amides is 3. The molecule has 0 bridgehead atoms. The molecule has 0 aliphatic carbocycles. The average Bonchev–Trinajstić information content (AvgIpc) is 2.88. The molecule has 2 N–H and O–H groups in total. The average molecular weight is 352 g/mol. The maximum Gasteiger partial charge on any atom is 0.338 e. The second kappa shape index (κ2) is 7.00. The topological polar surface area (TPSA) is 84.5 Å². The number of hydrogen-bond donors (Lipinski definition) is 2. The van der Waals surface area contributed by atoms with Crippen molar-refractivity contribution in [1.29, 1.82) is 0 Å². The number of nitrogens with one attached hydrogen (secondary N) is 2. The Morgan fingerprint density at radius 3 is 2.31 bits per heavy atom. The van der Waals surface area contributed by atoms with E-state index in [-0.39, 0.29) is 6.10 Å². The lowest BCUT2D eigenvalue weighted by Gasteiger charge is -2.21. The molecule has 3 rings (SSSR count). The van der Waals surface area contributed by atoms with E-state index in [0.29, 0.717) is 17.5 Å². The first-order chi connectivity index (χ1) is 12.4. The summed E-state index contributed by atoms with van der Waals surface area (Å²) in [6.07, 6.45) is 0.372. The van der Waals surface area contributed by atoms with Gasteiger partial charge in [0, 0.05) is 6.42 Å². The van der Waals surface area contributed by atoms with Gasteiger partial charge in [-0.25, -0.2) is 9.59 Å². The molecule has 2 atom stereocenters. The van der Waals surface area contributed by atoms with Crippen molar-refractivity contribution in [2.45, 2.75) is 31.9 Å². The molecule has 2 aromatic carbocycles. The summed E-state index contributed by atoms with van der Waals surface area (Å²) < 4.78 is 5.48. The van der Waals surface area contributed by atoms with Gasteiger partial charge in [0.25, 0.3) is 5.91 Å². The highest BCUT2D eigenvalue weighted by Crippen LogP contribution is 2.24. The number of ether oxygens (including phenoxy) is 1. The van der Waals surface area contributed by atoms with Gasteiger partial charge in [0.2, 0.25) is 0 Å². The second-order valence-corrected chi connectivity index (χ2v) is 6.52. The Bertz CT molecular complexity index is 833. The molecule has 1 aliphatic heterocycles. The third kappa shape index (κ3) is 3.59. The van der Waals surface area contributed by atoms with Crippen LogP contribution in [0.2, 0.25) is 0 Å². The van der Waals surface area contributed by atoms with Gasteiger partial charge in [-0.05, 0) is 37.1 Å². The van der Waals surface area contributed by atoms with Crippen LogP contribution in [-0.4, -0.2) is 24.0 Å². The van der Waals surface area contributed by atoms with Gasteiger partial charge in [0.05, 0.1) is 5.56 Å². The minimum Gasteiger partial charge on any atom is -0.459 e. The predicted octanol–water partition coefficient (Wildman–Crippen LogP) is 2.53. The molecule has 6 heteroatoms. The summed E-state index contributed by atoms with van der Waals surface area (Å²) in [4.78, 5) is 35.6. The van der Waals surface area contributed by atoms with E-state index < -0.39 is 23.4 Å². The summed E-state index contributed by atoms with van der Waals surface area (Å²) >= 11 is 0. The van der Waals surface area contributed by atoms with Crippen molar-refractivity contribution in [3.63, 3.8) is 0 Å². The van der Waals surface area contributed by atoms with E-state index in [0.717, 1.165) is 5.56 Å². The van der Waals surface area contributed by atoms with Crippen molar-refractivity contribution in [2.75, 3.05) is 0 Å². The summed E-state index contributed by atoms with van der Waals surface area (Å²) in [6.45, 7) is 3.46. The number of benzene rings is 2. The van der Waals surface area contributed by atoms with Gasteiger partial charge < -0.3 is 10.1 Å². The van der Waals surface area contributed by atoms with Crippen molar-refractivity contribution in [2.24, 2.45) is 0 Å². The molecule has 134 valence electrons. The van der Waals surface area contributed by atoms with E-state index in [1.54, 1.807) is 31.2 Å². The lowest BCUT2D eigenvalue weighted by molar-refractivity contribution is -0.123. The van der Waals surface area contributed by atoms with Crippen LogP contribution in [0.15, 0.2) is 54.6 Å². The summed E-state index contributed by atoms with van der Waals surface area (Å²) in [5.74, 6) is -0.848. The molecular formula is C20H20N2O4. The number of esters is 1. The molecule has 6 nitrogen and oxygen atoms in total. The van der Waals surface area contributed by atoms with E-state index in [1.165, 1.54) is 0 Å². The van der Waals surface area contributed by atoms with Gasteiger partial charge in [0.15, 0.2) is 0 Å². The van der Waals surface area contributed by atoms with Crippen LogP contribution in [0.1, 0.15) is 35.3 Å². The SMILES string of the molecule is C[C@H](Cc1ccccc1)OC(=O)c1ccc([C@]2(C)NC(=O)NC2=O)cc1. The van der Waals surface area contributed by atoms with Crippen LogP contribution in [-0.2, 0) is 21.5 Å². The minimum absolute atomic E-state index is 0.262. The fraction of sp³-hybridized carbons (Fsp3) is 0.250. The van der Waals surface area contributed by atoms with Crippen molar-refractivity contribution >= 4 is 17.9 Å². The monoisotopic (exact) mass is 352 g/mol. The molecule has 0 radical (unpaired) electrons. The number of carbonyl (C=O) groups excluding carboxylic acids is 3. The number of carbonyl (C=O) groups is 3. The molecule has 1 aliphatic rings. The zero-order chi connectivity index (χ0) is 18.7. The van der Waals surface area contributed by atoms with E-state index >= 15 is 0 Å². The van der Waals surface area contributed by atoms with Gasteiger partial charge in [-0.15, -0.1) is 0 Å². The normalized spacial score (nSPS) is 20.2. The summed E-state index contributed by atoms with van der Waals surface area (Å²) in [5.41, 5.74) is 0.941. The maximum atomic E-state index is 12.3. The van der Waals surface area contributed by atoms with Gasteiger partial charge in [-0.1, -0.05) is 42.5 Å². The van der Waals surface area contributed by atoms with Crippen LogP contribution in [0.3, 0.4) is 0 Å². The number of hydrogen-bond acceptors (Lipinski definition) is 4. The zero-order valence-electron chi connectivity index (χ0n) is 14.6. The third-order valence-electron chi connectivity index (χ3n) is 4.42. The van der Waals surface area contributed by atoms with Crippen LogP contribution in [0.4, 0.5) is 4.79 Å². The Kier molecular flexibility index (Phi) is 4.75. The molecule has 0 unspecified atom stereocenters. The summed E-state index contributed by atoms with van der Waals surface area (Å²) in [6, 6.07) is 15.7. The molecule has 26 heavy (non-hydrogen) atoms. The summed E-state index contributed by atoms with van der Waals surface area (Å²) in [7, 11) is 0. The fourth-order valence-electron chi connectivity index (χ4n) is 2.92. The van der Waals surface area contributed by atoms with Crippen LogP contribution in [0.5, 0.6) is 0 Å². The molecule has 0 aromatic heterocycles. The first-order valence-corrected chi connectivity index (χ1v) is 8.37. The first kappa shape index (κ1) is 17.7. The van der Waals surface area contributed by atoms with Crippen molar-refractivity contribution in [3.05, 3.63) is 71.3 Å². The quantitative estimate of drug-likeness (QED) is 0.640. The zero-order valence-corrected chi connectivity index (χ0v) is 14.6. The second-order valence-electron chi connectivity index (χ2n) is 6.52. The molecular weight excluding hydrogens is 332 g/mol. The first-order valence-electron chi connectivity index (χ1n) is 8.37. The Hall–Kier alpha value is -3.15. The van der Waals surface area contributed by atoms with Crippen molar-refractivity contribution in [1.82, 2.24) is 10.6 Å². The Morgan fingerprint density at radius 2 is 1.73 bits per heavy atom. The highest BCUT2D eigenvalue weighted by molar-refractivity contribution is 6.07. The third-order valence-corrected chi connectivity index (χ3v) is 4.42. The molecule has 1 heterocycles. The van der Waals surface area contributed by atoms with E-state index in [9.17, 15) is 14.4 Å². The van der Waals surface area contributed by atoms with Gasteiger partial charge in [0.1, 0.15) is 11.6 Å². The highest BCUT2D eigenvalue weighted by atomic mass is 16.5. The molecule has 1 saturated heterocycles. The number of rotatable bonds is 5. The van der Waals surface area contributed by atoms with Gasteiger partial charge >= 0.3 is 12.0 Å². The number of imide groups is 1. The van der Waals surface area contributed by atoms with E-state index in [2.05, 4.69) is 10.6 Å². The smallest absolute Gasteiger partial charge is 0.338 e. The van der Waals surface area contributed by atoms with E-state index in [1.807, 2.05) is 37.3 Å². The summed E-state index contributed by atoms with van der Waals surface area (Å²) in [5, 5.41) is 4.80. The lowest BCUT2D eigenvalue weighted by Crippen LogP contribution is -2.40. The standard InChI is InChI=1S/C20H20N2O4/c1-13(12-14-6-4-3-5-7-14)26-17(23)15-8-10-16(11-9-15)20(2)18(24)21-19(25)22-20/h3-11,13H,12H2,1-2H3,(H2,21,22,24,25)/t13-,20+/m1/s1. The molecule has 2 aromatic rings. The van der Waals surface area contributed by atoms with Crippen LogP contribution >= 0.6 is 0 Å². The highest BCUT2D eigenvalue weighted by Gasteiger charge is 2.43. The van der Waals surface area contributed by atoms with Crippen molar-refractivity contribution < 1.29 is 19.1 Å². The Balaban J connectivity index is 1.65. The molecule has 0 spiro atoms. The van der Waals surface area contributed by atoms with Crippen LogP contribution in [0.25, 0.3) is 0 Å². The molecule has 0 saturated carbocycles. The van der Waals surface area contributed by atoms with E-state index in [4.69, 9.17) is 4.74 Å². The van der Waals surface area contributed by atoms with Crippen LogP contribution < -0.4 is 10.6 Å². The number of urea groups is 1. The fourth-order valence-corrected chi connectivity index (χ4v) is 2.92. The largest absolute Gasteiger partial charge is 0.459 e. The molecule has 3 amide bonds. The molecule has 1 fully saturated rings. The van der Waals surface area contributed by atoms with Crippen LogP contribution in [0, 0.1) is 0 Å². The predicted molar refractivity (Wildman–Crippen MR) is 95.5 cm³/mol. The maximum absolute atomic E-state index is 12.3. The lowest BCUT2D eigenvalue weighted by atomic mass is 9.91. The van der Waals surface area contributed by atoms with Gasteiger partial charge in [-0.2, -0.15) is 0 Å². The van der Waals surface area contributed by atoms with Crippen molar-refractivity contribution in [3.8, 4) is 0 Å². The Morgan fingerprint density at radius 1 is 1.08 bits per heavy atom. The minimum atomic E-state index is -1.14. The van der Waals surface area contributed by atoms with Gasteiger partial charge in [-0.3, -0.25) is 10.1 Å². The Labute approximate surface area is 151 Å².